The number of imidazole rings is 1. The summed E-state index contributed by atoms with van der Waals surface area (Å²) in [6.45, 7) is 1.59. The normalized spacial score (nSPS) is 14.2. The Hall–Kier alpha value is -1.99. The van der Waals surface area contributed by atoms with Crippen LogP contribution in [0.2, 0.25) is 0 Å². The molecule has 0 aliphatic rings. The summed E-state index contributed by atoms with van der Waals surface area (Å²) >= 11 is 5.75. The zero-order chi connectivity index (χ0) is 12.4. The number of halogens is 1. The number of nitriles is 1. The van der Waals surface area contributed by atoms with Gasteiger partial charge in [-0.1, -0.05) is 12.1 Å². The topological polar surface area (TPSA) is 72.7 Å². The van der Waals surface area contributed by atoms with E-state index in [-0.39, 0.29) is 11.3 Å². The lowest BCUT2D eigenvalue weighted by molar-refractivity contribution is 0.400. The Kier molecular flexibility index (Phi) is 3.03. The van der Waals surface area contributed by atoms with Gasteiger partial charge in [0, 0.05) is 0 Å². The van der Waals surface area contributed by atoms with Gasteiger partial charge in [-0.2, -0.15) is 5.26 Å². The average Bonchev–Trinajstić information content (AvgIpc) is 2.72. The number of benzene rings is 1. The Morgan fingerprint density at radius 2 is 2.24 bits per heavy atom. The van der Waals surface area contributed by atoms with E-state index in [1.54, 1.807) is 6.92 Å². The van der Waals surface area contributed by atoms with E-state index in [4.69, 9.17) is 16.9 Å². The van der Waals surface area contributed by atoms with Crippen LogP contribution in [0.4, 0.5) is 0 Å². The monoisotopic (exact) mass is 247 g/mol. The first-order chi connectivity index (χ1) is 8.13. The zero-order valence-electron chi connectivity index (χ0n) is 9.11. The number of alkyl halides is 1. The van der Waals surface area contributed by atoms with Crippen molar-refractivity contribution in [3.05, 3.63) is 35.8 Å². The van der Waals surface area contributed by atoms with Crippen molar-refractivity contribution in [2.24, 2.45) is 0 Å². The molecule has 0 aliphatic carbocycles. The molecule has 1 aromatic heterocycles. The largest absolute Gasteiger partial charge is 0.509 e. The van der Waals surface area contributed by atoms with Gasteiger partial charge in [-0.25, -0.2) is 4.98 Å². The quantitative estimate of drug-likeness (QED) is 0.487. The van der Waals surface area contributed by atoms with Crippen molar-refractivity contribution in [3.8, 4) is 6.07 Å². The molecule has 2 N–H and O–H groups in total. The van der Waals surface area contributed by atoms with Gasteiger partial charge >= 0.3 is 0 Å². The summed E-state index contributed by atoms with van der Waals surface area (Å²) in [6.07, 6.45) is 0. The number of hydrogen-bond acceptors (Lipinski definition) is 3. The Bertz CT molecular complexity index is 589. The van der Waals surface area contributed by atoms with Gasteiger partial charge in [-0.05, 0) is 19.1 Å². The predicted octanol–water partition coefficient (Wildman–Crippen LogP) is 2.98. The van der Waals surface area contributed by atoms with E-state index < -0.39 is 5.38 Å². The lowest BCUT2D eigenvalue weighted by Gasteiger charge is -2.02. The third-order valence-electron chi connectivity index (χ3n) is 2.37. The minimum absolute atomic E-state index is 0.0729. The highest BCUT2D eigenvalue weighted by Crippen LogP contribution is 2.21. The van der Waals surface area contributed by atoms with Crippen molar-refractivity contribution in [2.45, 2.75) is 12.3 Å². The molecule has 0 bridgehead atoms. The maximum Gasteiger partial charge on any atom is 0.152 e. The van der Waals surface area contributed by atoms with Crippen LogP contribution in [0.25, 0.3) is 16.6 Å². The van der Waals surface area contributed by atoms with Gasteiger partial charge < -0.3 is 10.1 Å². The third kappa shape index (κ3) is 2.10. The van der Waals surface area contributed by atoms with E-state index in [0.29, 0.717) is 5.82 Å². The van der Waals surface area contributed by atoms with Gasteiger partial charge in [0.05, 0.1) is 16.4 Å². The molecule has 0 aliphatic heterocycles. The maximum absolute atomic E-state index is 9.73. The molecule has 0 amide bonds. The number of aliphatic hydroxyl groups excluding tert-OH is 1. The molecule has 0 spiro atoms. The molecule has 5 heteroatoms. The van der Waals surface area contributed by atoms with Gasteiger partial charge in [0.25, 0.3) is 0 Å². The maximum atomic E-state index is 9.73. The lowest BCUT2D eigenvalue weighted by atomic mass is 10.2. The fourth-order valence-corrected chi connectivity index (χ4v) is 1.61. The molecule has 86 valence electrons. The molecule has 1 atom stereocenters. The molecule has 0 fully saturated rings. The van der Waals surface area contributed by atoms with Gasteiger partial charge in [0.1, 0.15) is 17.4 Å². The fourth-order valence-electron chi connectivity index (χ4n) is 1.50. The number of aromatic amines is 1. The highest BCUT2D eigenvalue weighted by atomic mass is 35.5. The summed E-state index contributed by atoms with van der Waals surface area (Å²) in [6, 6.07) is 9.31. The molecule has 1 heterocycles. The molecule has 2 rings (SSSR count). The number of nitrogens with zero attached hydrogens (tertiary/aromatic N) is 2. The van der Waals surface area contributed by atoms with E-state index in [0.717, 1.165) is 11.0 Å². The lowest BCUT2D eigenvalue weighted by Crippen LogP contribution is -2.01. The second-order valence-corrected chi connectivity index (χ2v) is 4.25. The average molecular weight is 248 g/mol. The SMILES string of the molecule is C[C@H](Cl)C(O)=C(C#N)c1nc2ccccc2[nH]1. The van der Waals surface area contributed by atoms with E-state index in [2.05, 4.69) is 9.97 Å². The highest BCUT2D eigenvalue weighted by molar-refractivity contribution is 6.22. The first kappa shape index (κ1) is 11.5. The summed E-state index contributed by atoms with van der Waals surface area (Å²) in [4.78, 5) is 7.21. The number of hydrogen-bond donors (Lipinski definition) is 2. The molecule has 4 nitrogen and oxygen atoms in total. The summed E-state index contributed by atoms with van der Waals surface area (Å²) in [5, 5.41) is 18.1. The summed E-state index contributed by atoms with van der Waals surface area (Å²) in [5.41, 5.74) is 1.62. The van der Waals surface area contributed by atoms with Crippen molar-refractivity contribution < 1.29 is 5.11 Å². The molecule has 2 aromatic rings. The van der Waals surface area contributed by atoms with Crippen LogP contribution in [0.3, 0.4) is 0 Å². The number of aromatic nitrogens is 2. The molecule has 17 heavy (non-hydrogen) atoms. The third-order valence-corrected chi connectivity index (χ3v) is 2.58. The van der Waals surface area contributed by atoms with Crippen molar-refractivity contribution in [2.75, 3.05) is 0 Å². The minimum atomic E-state index is -0.627. The number of H-pyrrole nitrogens is 1. The first-order valence-corrected chi connectivity index (χ1v) is 5.49. The number of allylic oxidation sites excluding steroid dienone is 2. The van der Waals surface area contributed by atoms with E-state index >= 15 is 0 Å². The number of rotatable bonds is 2. The van der Waals surface area contributed by atoms with Crippen LogP contribution in [-0.4, -0.2) is 20.5 Å². The van der Waals surface area contributed by atoms with Crippen LogP contribution >= 0.6 is 11.6 Å². The van der Waals surface area contributed by atoms with Gasteiger partial charge in [-0.15, -0.1) is 11.6 Å². The van der Waals surface area contributed by atoms with E-state index in [1.807, 2.05) is 30.3 Å². The number of para-hydroxylation sites is 2. The molecular weight excluding hydrogens is 238 g/mol. The Labute approximate surface area is 103 Å². The van der Waals surface area contributed by atoms with Crippen LogP contribution in [0.15, 0.2) is 30.0 Å². The van der Waals surface area contributed by atoms with Crippen molar-refractivity contribution in [1.29, 1.82) is 5.26 Å². The van der Waals surface area contributed by atoms with E-state index in [1.165, 1.54) is 0 Å². The van der Waals surface area contributed by atoms with Crippen LogP contribution < -0.4 is 0 Å². The molecule has 0 radical (unpaired) electrons. The molecule has 0 saturated carbocycles. The van der Waals surface area contributed by atoms with Crippen molar-refractivity contribution in [3.63, 3.8) is 0 Å². The number of nitrogens with one attached hydrogen (secondary N) is 1. The number of fused-ring (bicyclic) bond motifs is 1. The highest BCUT2D eigenvalue weighted by Gasteiger charge is 2.16. The first-order valence-electron chi connectivity index (χ1n) is 5.06. The predicted molar refractivity (Wildman–Crippen MR) is 66.6 cm³/mol. The fraction of sp³-hybridized carbons (Fsp3) is 0.167. The van der Waals surface area contributed by atoms with Crippen molar-refractivity contribution in [1.82, 2.24) is 9.97 Å². The van der Waals surface area contributed by atoms with E-state index in [9.17, 15) is 5.11 Å². The van der Waals surface area contributed by atoms with Crippen LogP contribution in [0.5, 0.6) is 0 Å². The molecule has 0 unspecified atom stereocenters. The Morgan fingerprint density at radius 1 is 1.53 bits per heavy atom. The Morgan fingerprint density at radius 3 is 2.82 bits per heavy atom. The van der Waals surface area contributed by atoms with Crippen LogP contribution in [-0.2, 0) is 0 Å². The smallest absolute Gasteiger partial charge is 0.152 e. The second kappa shape index (κ2) is 4.48. The molecule has 0 saturated heterocycles. The van der Waals surface area contributed by atoms with Crippen molar-refractivity contribution >= 4 is 28.2 Å². The van der Waals surface area contributed by atoms with Gasteiger partial charge in [0.15, 0.2) is 5.82 Å². The summed E-state index contributed by atoms with van der Waals surface area (Å²) < 4.78 is 0. The number of aliphatic hydroxyl groups is 1. The Balaban J connectivity index is 2.60. The van der Waals surface area contributed by atoms with Crippen LogP contribution in [0, 0.1) is 11.3 Å². The summed E-state index contributed by atoms with van der Waals surface area (Å²) in [5.74, 6) is 0.159. The van der Waals surface area contributed by atoms with Crippen LogP contribution in [0.1, 0.15) is 12.7 Å². The van der Waals surface area contributed by atoms with Gasteiger partial charge in [0.2, 0.25) is 0 Å². The second-order valence-electron chi connectivity index (χ2n) is 3.59. The summed E-state index contributed by atoms with van der Waals surface area (Å²) in [7, 11) is 0. The minimum Gasteiger partial charge on any atom is -0.509 e. The zero-order valence-corrected chi connectivity index (χ0v) is 9.86. The molecular formula is C12H10ClN3O. The molecule has 1 aromatic carbocycles. The van der Waals surface area contributed by atoms with Gasteiger partial charge in [-0.3, -0.25) is 0 Å². The standard InChI is InChI=1S/C12H10ClN3O/c1-7(13)11(17)8(6-14)12-15-9-4-2-3-5-10(9)16-12/h2-5,7,17H,1H3,(H,15,16)/t7-/m0/s1.